The summed E-state index contributed by atoms with van der Waals surface area (Å²) in [7, 11) is 1.95. The molecule has 2 rings (SSSR count). The third-order valence-electron chi connectivity index (χ3n) is 3.07. The molecule has 4 nitrogen and oxygen atoms in total. The average molecular weight is 348 g/mol. The Bertz CT molecular complexity index is 572. The zero-order valence-corrected chi connectivity index (χ0v) is 13.5. The van der Waals surface area contributed by atoms with Crippen LogP contribution in [-0.2, 0) is 11.2 Å². The lowest BCUT2D eigenvalue weighted by Crippen LogP contribution is -2.31. The standard InChI is InChI=1S/C16H18BrN3O/c1-20(11-8-13-6-9-18-10-7-13)12-16(21)19-15-4-2-14(17)3-5-15/h2-7,9-10H,8,11-12H2,1H3,(H,19,21). The van der Waals surface area contributed by atoms with Crippen molar-refractivity contribution in [2.45, 2.75) is 6.42 Å². The van der Waals surface area contributed by atoms with E-state index in [4.69, 9.17) is 0 Å². The Balaban J connectivity index is 1.75. The number of anilines is 1. The van der Waals surface area contributed by atoms with E-state index in [2.05, 4.69) is 26.2 Å². The van der Waals surface area contributed by atoms with Crippen LogP contribution in [0.25, 0.3) is 0 Å². The van der Waals surface area contributed by atoms with E-state index in [1.165, 1.54) is 5.56 Å². The predicted octanol–water partition coefficient (Wildman–Crippen LogP) is 2.96. The first-order valence-corrected chi connectivity index (χ1v) is 7.55. The van der Waals surface area contributed by atoms with Crippen molar-refractivity contribution in [1.82, 2.24) is 9.88 Å². The molecule has 0 fully saturated rings. The van der Waals surface area contributed by atoms with Gasteiger partial charge in [-0.1, -0.05) is 15.9 Å². The number of carbonyl (C=O) groups excluding carboxylic acids is 1. The molecule has 0 spiro atoms. The molecule has 0 unspecified atom stereocenters. The Morgan fingerprint density at radius 1 is 1.19 bits per heavy atom. The molecule has 110 valence electrons. The lowest BCUT2D eigenvalue weighted by atomic mass is 10.2. The summed E-state index contributed by atoms with van der Waals surface area (Å²) >= 11 is 3.37. The molecule has 0 aliphatic heterocycles. The minimum Gasteiger partial charge on any atom is -0.325 e. The second kappa shape index (κ2) is 7.90. The van der Waals surface area contributed by atoms with Crippen molar-refractivity contribution in [3.05, 3.63) is 58.8 Å². The van der Waals surface area contributed by atoms with E-state index in [1.807, 2.05) is 48.3 Å². The third-order valence-corrected chi connectivity index (χ3v) is 3.60. The van der Waals surface area contributed by atoms with E-state index in [-0.39, 0.29) is 5.91 Å². The maximum atomic E-state index is 11.9. The van der Waals surface area contributed by atoms with E-state index in [0.717, 1.165) is 23.1 Å². The molecule has 0 saturated heterocycles. The molecule has 0 bridgehead atoms. The van der Waals surface area contributed by atoms with Crippen molar-refractivity contribution in [1.29, 1.82) is 0 Å². The van der Waals surface area contributed by atoms with Crippen molar-refractivity contribution in [3.8, 4) is 0 Å². The van der Waals surface area contributed by atoms with Crippen molar-refractivity contribution >= 4 is 27.5 Å². The molecule has 1 aromatic heterocycles. The predicted molar refractivity (Wildman–Crippen MR) is 88.2 cm³/mol. The van der Waals surface area contributed by atoms with Crippen LogP contribution in [-0.4, -0.2) is 35.9 Å². The van der Waals surface area contributed by atoms with Gasteiger partial charge in [-0.15, -0.1) is 0 Å². The molecule has 0 saturated carbocycles. The van der Waals surface area contributed by atoms with Gasteiger partial charge in [-0.05, 0) is 55.4 Å². The van der Waals surface area contributed by atoms with Gasteiger partial charge >= 0.3 is 0 Å². The summed E-state index contributed by atoms with van der Waals surface area (Å²) in [5, 5.41) is 2.89. The van der Waals surface area contributed by atoms with Crippen LogP contribution >= 0.6 is 15.9 Å². The number of halogens is 1. The number of amides is 1. The van der Waals surface area contributed by atoms with Gasteiger partial charge in [-0.25, -0.2) is 0 Å². The van der Waals surface area contributed by atoms with Gasteiger partial charge < -0.3 is 5.32 Å². The van der Waals surface area contributed by atoms with Crippen LogP contribution in [0.4, 0.5) is 5.69 Å². The minimum absolute atomic E-state index is 0.00505. The van der Waals surface area contributed by atoms with Crippen LogP contribution < -0.4 is 5.32 Å². The van der Waals surface area contributed by atoms with Crippen LogP contribution in [0.3, 0.4) is 0 Å². The van der Waals surface area contributed by atoms with Gasteiger partial charge in [0.05, 0.1) is 6.54 Å². The molecule has 1 amide bonds. The Morgan fingerprint density at radius 2 is 1.86 bits per heavy atom. The van der Waals surface area contributed by atoms with Gasteiger partial charge in [-0.3, -0.25) is 14.7 Å². The van der Waals surface area contributed by atoms with Gasteiger partial charge in [-0.2, -0.15) is 0 Å². The molecule has 5 heteroatoms. The largest absolute Gasteiger partial charge is 0.325 e. The highest BCUT2D eigenvalue weighted by Crippen LogP contribution is 2.13. The van der Waals surface area contributed by atoms with Gasteiger partial charge in [0.1, 0.15) is 0 Å². The minimum atomic E-state index is -0.00505. The summed E-state index contributed by atoms with van der Waals surface area (Å²) < 4.78 is 0.995. The van der Waals surface area contributed by atoms with Crippen molar-refractivity contribution in [3.63, 3.8) is 0 Å². The van der Waals surface area contributed by atoms with Gasteiger partial charge in [0.25, 0.3) is 0 Å². The lowest BCUT2D eigenvalue weighted by Gasteiger charge is -2.16. The fraction of sp³-hybridized carbons (Fsp3) is 0.250. The fourth-order valence-electron chi connectivity index (χ4n) is 1.93. The highest BCUT2D eigenvalue weighted by molar-refractivity contribution is 9.10. The summed E-state index contributed by atoms with van der Waals surface area (Å²) in [4.78, 5) is 17.9. The first-order chi connectivity index (χ1) is 10.1. The zero-order chi connectivity index (χ0) is 15.1. The molecule has 2 aromatic rings. The number of hydrogen-bond acceptors (Lipinski definition) is 3. The van der Waals surface area contributed by atoms with E-state index < -0.39 is 0 Å². The number of hydrogen-bond donors (Lipinski definition) is 1. The maximum Gasteiger partial charge on any atom is 0.238 e. The number of nitrogens with zero attached hydrogens (tertiary/aromatic N) is 2. The molecule has 0 radical (unpaired) electrons. The van der Waals surface area contributed by atoms with Crippen LogP contribution in [0.2, 0.25) is 0 Å². The summed E-state index contributed by atoms with van der Waals surface area (Å²) in [6, 6.07) is 11.6. The molecule has 1 N–H and O–H groups in total. The monoisotopic (exact) mass is 347 g/mol. The second-order valence-corrected chi connectivity index (χ2v) is 5.81. The molecule has 21 heavy (non-hydrogen) atoms. The number of likely N-dealkylation sites (N-methyl/N-ethyl adjacent to an activating group) is 1. The normalized spacial score (nSPS) is 10.6. The second-order valence-electron chi connectivity index (χ2n) is 4.90. The number of carbonyl (C=O) groups is 1. The highest BCUT2D eigenvalue weighted by Gasteiger charge is 2.07. The summed E-state index contributed by atoms with van der Waals surface area (Å²) in [6.07, 6.45) is 4.48. The molecule has 1 heterocycles. The number of pyridine rings is 1. The third kappa shape index (κ3) is 5.65. The Kier molecular flexibility index (Phi) is 5.90. The lowest BCUT2D eigenvalue weighted by molar-refractivity contribution is -0.117. The smallest absolute Gasteiger partial charge is 0.238 e. The average Bonchev–Trinajstić information content (AvgIpc) is 2.48. The summed E-state index contributed by atoms with van der Waals surface area (Å²) in [6.45, 7) is 1.21. The van der Waals surface area contributed by atoms with Crippen LogP contribution in [0.1, 0.15) is 5.56 Å². The van der Waals surface area contributed by atoms with E-state index >= 15 is 0 Å². The zero-order valence-electron chi connectivity index (χ0n) is 11.9. The number of benzene rings is 1. The summed E-state index contributed by atoms with van der Waals surface area (Å²) in [5.41, 5.74) is 2.04. The van der Waals surface area contributed by atoms with Crippen molar-refractivity contribution in [2.24, 2.45) is 0 Å². The molecule has 0 atom stereocenters. The number of nitrogens with one attached hydrogen (secondary N) is 1. The maximum absolute atomic E-state index is 11.9. The van der Waals surface area contributed by atoms with Crippen LogP contribution in [0.5, 0.6) is 0 Å². The summed E-state index contributed by atoms with van der Waals surface area (Å²) in [5.74, 6) is -0.00505. The highest BCUT2D eigenvalue weighted by atomic mass is 79.9. The Hall–Kier alpha value is -1.72. The van der Waals surface area contributed by atoms with Crippen LogP contribution in [0, 0.1) is 0 Å². The van der Waals surface area contributed by atoms with Crippen LogP contribution in [0.15, 0.2) is 53.3 Å². The Morgan fingerprint density at radius 3 is 2.52 bits per heavy atom. The fourth-order valence-corrected chi connectivity index (χ4v) is 2.19. The molecule has 0 aliphatic carbocycles. The topological polar surface area (TPSA) is 45.2 Å². The molecular weight excluding hydrogens is 330 g/mol. The molecular formula is C16H18BrN3O. The number of rotatable bonds is 6. The van der Waals surface area contributed by atoms with Gasteiger partial charge in [0.15, 0.2) is 0 Å². The quantitative estimate of drug-likeness (QED) is 0.873. The first-order valence-electron chi connectivity index (χ1n) is 6.76. The SMILES string of the molecule is CN(CCc1ccncc1)CC(=O)Nc1ccc(Br)cc1. The van der Waals surface area contributed by atoms with Gasteiger partial charge in [0.2, 0.25) is 5.91 Å². The molecule has 0 aliphatic rings. The van der Waals surface area contributed by atoms with E-state index in [0.29, 0.717) is 6.54 Å². The first kappa shape index (κ1) is 15.7. The van der Waals surface area contributed by atoms with Gasteiger partial charge in [0, 0.05) is 29.1 Å². The van der Waals surface area contributed by atoms with Crippen molar-refractivity contribution < 1.29 is 4.79 Å². The number of aromatic nitrogens is 1. The van der Waals surface area contributed by atoms with Crippen molar-refractivity contribution in [2.75, 3.05) is 25.5 Å². The van der Waals surface area contributed by atoms with E-state index in [9.17, 15) is 4.79 Å². The molecule has 1 aromatic carbocycles. The van der Waals surface area contributed by atoms with E-state index in [1.54, 1.807) is 12.4 Å². The Labute approximate surface area is 133 Å².